The van der Waals surface area contributed by atoms with E-state index in [-0.39, 0.29) is 5.54 Å². The third-order valence-electron chi connectivity index (χ3n) is 3.23. The molecule has 2 nitrogen and oxygen atoms in total. The van der Waals surface area contributed by atoms with Crippen LogP contribution in [-0.2, 0) is 6.42 Å². The van der Waals surface area contributed by atoms with Gasteiger partial charge in [0.1, 0.15) is 5.75 Å². The Kier molecular flexibility index (Phi) is 2.44. The third-order valence-corrected chi connectivity index (χ3v) is 3.57. The fraction of sp³-hybridized carbons (Fsp3) is 0.500. The van der Waals surface area contributed by atoms with Gasteiger partial charge in [0.15, 0.2) is 0 Å². The molecule has 1 aromatic rings. The van der Waals surface area contributed by atoms with Crippen LogP contribution in [-0.4, -0.2) is 10.6 Å². The lowest BCUT2D eigenvalue weighted by Crippen LogP contribution is -2.25. The number of halogens is 1. The van der Waals surface area contributed by atoms with Gasteiger partial charge in [-0.15, -0.1) is 0 Å². The highest BCUT2D eigenvalue weighted by molar-refractivity contribution is 6.31. The molecule has 0 heterocycles. The van der Waals surface area contributed by atoms with Crippen molar-refractivity contribution in [2.24, 2.45) is 5.73 Å². The van der Waals surface area contributed by atoms with Gasteiger partial charge in [-0.2, -0.15) is 0 Å². The van der Waals surface area contributed by atoms with Gasteiger partial charge in [-0.1, -0.05) is 11.6 Å². The summed E-state index contributed by atoms with van der Waals surface area (Å²) in [5.74, 6) is 0.346. The van der Waals surface area contributed by atoms with Gasteiger partial charge in [-0.3, -0.25) is 0 Å². The predicted octanol–water partition coefficient (Wildman–Crippen LogP) is 2.70. The minimum atomic E-state index is -0.0733. The molecule has 0 aliphatic heterocycles. The minimum absolute atomic E-state index is 0.0733. The summed E-state index contributed by atoms with van der Waals surface area (Å²) < 4.78 is 0. The van der Waals surface area contributed by atoms with E-state index in [2.05, 4.69) is 0 Å². The van der Waals surface area contributed by atoms with Crippen LogP contribution in [0, 0.1) is 13.8 Å². The van der Waals surface area contributed by atoms with Crippen molar-refractivity contribution in [2.45, 2.75) is 38.6 Å². The number of phenols is 1. The smallest absolute Gasteiger partial charge is 0.121 e. The first-order valence-corrected chi connectivity index (χ1v) is 5.57. The highest BCUT2D eigenvalue weighted by Gasteiger charge is 2.39. The molecule has 1 aliphatic rings. The standard InChI is InChI=1S/C12H16ClNO/c1-7-5-10(13)9(8(2)11(7)15)6-12(14)3-4-12/h5,15H,3-4,6,14H2,1-2H3. The summed E-state index contributed by atoms with van der Waals surface area (Å²) in [7, 11) is 0. The van der Waals surface area contributed by atoms with Crippen LogP contribution < -0.4 is 5.73 Å². The highest BCUT2D eigenvalue weighted by atomic mass is 35.5. The first kappa shape index (κ1) is 10.8. The Hall–Kier alpha value is -0.730. The molecular formula is C12H16ClNO. The van der Waals surface area contributed by atoms with Crippen molar-refractivity contribution in [3.05, 3.63) is 27.8 Å². The third kappa shape index (κ3) is 1.97. The second-order valence-electron chi connectivity index (χ2n) is 4.67. The van der Waals surface area contributed by atoms with E-state index in [9.17, 15) is 5.11 Å². The lowest BCUT2D eigenvalue weighted by atomic mass is 9.97. The number of hydrogen-bond acceptors (Lipinski definition) is 2. The molecule has 1 saturated carbocycles. The quantitative estimate of drug-likeness (QED) is 0.813. The first-order chi connectivity index (χ1) is 6.93. The molecule has 0 unspecified atom stereocenters. The molecule has 1 fully saturated rings. The van der Waals surface area contributed by atoms with Crippen molar-refractivity contribution in [1.29, 1.82) is 0 Å². The molecule has 0 bridgehead atoms. The Balaban J connectivity index is 2.41. The van der Waals surface area contributed by atoms with Gasteiger partial charge < -0.3 is 10.8 Å². The summed E-state index contributed by atoms with van der Waals surface area (Å²) in [5.41, 5.74) is 8.68. The number of aryl methyl sites for hydroxylation is 1. The Morgan fingerprint density at radius 2 is 2.07 bits per heavy atom. The van der Waals surface area contributed by atoms with E-state index in [0.29, 0.717) is 5.75 Å². The Bertz CT molecular complexity index is 411. The maximum atomic E-state index is 9.83. The van der Waals surface area contributed by atoms with Gasteiger partial charge in [-0.05, 0) is 55.9 Å². The molecule has 1 aliphatic carbocycles. The molecule has 15 heavy (non-hydrogen) atoms. The maximum Gasteiger partial charge on any atom is 0.121 e. The van der Waals surface area contributed by atoms with Crippen LogP contribution in [0.2, 0.25) is 5.02 Å². The molecule has 3 N–H and O–H groups in total. The van der Waals surface area contributed by atoms with Crippen molar-refractivity contribution in [3.8, 4) is 5.75 Å². The molecule has 3 heteroatoms. The minimum Gasteiger partial charge on any atom is -0.507 e. The van der Waals surface area contributed by atoms with E-state index >= 15 is 0 Å². The van der Waals surface area contributed by atoms with Gasteiger partial charge in [0.25, 0.3) is 0 Å². The average molecular weight is 226 g/mol. The van der Waals surface area contributed by atoms with Crippen molar-refractivity contribution in [3.63, 3.8) is 0 Å². The zero-order chi connectivity index (χ0) is 11.2. The number of phenolic OH excluding ortho intramolecular Hbond substituents is 1. The fourth-order valence-corrected chi connectivity index (χ4v) is 2.24. The molecule has 0 aromatic heterocycles. The van der Waals surface area contributed by atoms with E-state index in [1.54, 1.807) is 0 Å². The van der Waals surface area contributed by atoms with Crippen LogP contribution >= 0.6 is 11.6 Å². The predicted molar refractivity (Wildman–Crippen MR) is 62.4 cm³/mol. The van der Waals surface area contributed by atoms with Crippen molar-refractivity contribution in [1.82, 2.24) is 0 Å². The van der Waals surface area contributed by atoms with Crippen LogP contribution in [0.15, 0.2) is 6.07 Å². The summed E-state index contributed by atoms with van der Waals surface area (Å²) >= 11 is 6.17. The number of nitrogens with two attached hydrogens (primary N) is 1. The zero-order valence-corrected chi connectivity index (χ0v) is 9.86. The Morgan fingerprint density at radius 3 is 2.60 bits per heavy atom. The largest absolute Gasteiger partial charge is 0.507 e. The summed E-state index contributed by atoms with van der Waals surface area (Å²) in [5, 5.41) is 10.6. The van der Waals surface area contributed by atoms with Crippen molar-refractivity contribution < 1.29 is 5.11 Å². The van der Waals surface area contributed by atoms with E-state index < -0.39 is 0 Å². The van der Waals surface area contributed by atoms with Crippen molar-refractivity contribution >= 4 is 11.6 Å². The molecule has 2 rings (SSSR count). The molecule has 0 spiro atoms. The summed E-state index contributed by atoms with van der Waals surface area (Å²) in [4.78, 5) is 0. The number of rotatable bonds is 2. The molecule has 0 atom stereocenters. The lowest BCUT2D eigenvalue weighted by molar-refractivity contribution is 0.465. The normalized spacial score (nSPS) is 17.9. The highest BCUT2D eigenvalue weighted by Crippen LogP contribution is 2.40. The second-order valence-corrected chi connectivity index (χ2v) is 5.07. The van der Waals surface area contributed by atoms with Crippen LogP contribution in [0.4, 0.5) is 0 Å². The summed E-state index contributed by atoms with van der Waals surface area (Å²) in [6, 6.07) is 1.81. The maximum absolute atomic E-state index is 9.83. The molecule has 1 aromatic carbocycles. The van der Waals surface area contributed by atoms with E-state index in [1.165, 1.54) is 0 Å². The monoisotopic (exact) mass is 225 g/mol. The van der Waals surface area contributed by atoms with Crippen molar-refractivity contribution in [2.75, 3.05) is 0 Å². The Labute approximate surface area is 95.1 Å². The SMILES string of the molecule is Cc1cc(Cl)c(CC2(N)CC2)c(C)c1O. The first-order valence-electron chi connectivity index (χ1n) is 5.19. The topological polar surface area (TPSA) is 46.2 Å². The van der Waals surface area contributed by atoms with E-state index in [1.807, 2.05) is 19.9 Å². The molecular weight excluding hydrogens is 210 g/mol. The van der Waals surface area contributed by atoms with E-state index in [4.69, 9.17) is 17.3 Å². The van der Waals surface area contributed by atoms with Gasteiger partial charge in [0, 0.05) is 10.6 Å². The number of hydrogen-bond donors (Lipinski definition) is 2. The van der Waals surface area contributed by atoms with Gasteiger partial charge in [-0.25, -0.2) is 0 Å². The lowest BCUT2D eigenvalue weighted by Gasteiger charge is -2.15. The van der Waals surface area contributed by atoms with Crippen LogP contribution in [0.5, 0.6) is 5.75 Å². The van der Waals surface area contributed by atoms with Crippen LogP contribution in [0.3, 0.4) is 0 Å². The van der Waals surface area contributed by atoms with Gasteiger partial charge >= 0.3 is 0 Å². The van der Waals surface area contributed by atoms with Crippen LogP contribution in [0.25, 0.3) is 0 Å². The fourth-order valence-electron chi connectivity index (χ4n) is 1.87. The summed E-state index contributed by atoms with van der Waals surface area (Å²) in [6.07, 6.45) is 2.88. The number of aromatic hydroxyl groups is 1. The van der Waals surface area contributed by atoms with Gasteiger partial charge in [0.05, 0.1) is 0 Å². The molecule has 0 saturated heterocycles. The molecule has 0 amide bonds. The number of benzene rings is 1. The van der Waals surface area contributed by atoms with E-state index in [0.717, 1.165) is 41.0 Å². The van der Waals surface area contributed by atoms with Crippen LogP contribution in [0.1, 0.15) is 29.5 Å². The Morgan fingerprint density at radius 1 is 1.47 bits per heavy atom. The molecule has 0 radical (unpaired) electrons. The zero-order valence-electron chi connectivity index (χ0n) is 9.10. The second kappa shape index (κ2) is 3.39. The van der Waals surface area contributed by atoms with Gasteiger partial charge in [0.2, 0.25) is 0 Å². The summed E-state index contributed by atoms with van der Waals surface area (Å²) in [6.45, 7) is 3.75. The molecule has 82 valence electrons. The average Bonchev–Trinajstić information content (AvgIpc) is 2.89.